The highest BCUT2D eigenvalue weighted by Crippen LogP contribution is 2.55. The number of para-hydroxylation sites is 1. The van der Waals surface area contributed by atoms with Crippen molar-refractivity contribution in [1.82, 2.24) is 0 Å². The van der Waals surface area contributed by atoms with E-state index in [1.165, 1.54) is 109 Å². The first-order valence-electron chi connectivity index (χ1n) is 17.5. The lowest BCUT2D eigenvalue weighted by Crippen LogP contribution is -2.40. The SMILES string of the molecule is CC1(C)c2ccccc2-c2cc(C3CCCCC3)c(N(c3c(-c4ccccc4)cccc3C3CCCCC3)C(C)(C)C)cc21. The zero-order valence-corrected chi connectivity index (χ0v) is 27.8. The zero-order chi connectivity index (χ0) is 30.5. The van der Waals surface area contributed by atoms with E-state index in [0.29, 0.717) is 11.8 Å². The van der Waals surface area contributed by atoms with E-state index >= 15 is 0 Å². The van der Waals surface area contributed by atoms with Crippen LogP contribution in [0.4, 0.5) is 11.4 Å². The first-order valence-corrected chi connectivity index (χ1v) is 17.5. The van der Waals surface area contributed by atoms with Gasteiger partial charge in [0.2, 0.25) is 0 Å². The Morgan fingerprint density at radius 2 is 1.16 bits per heavy atom. The van der Waals surface area contributed by atoms with Gasteiger partial charge in [-0.2, -0.15) is 0 Å². The van der Waals surface area contributed by atoms with Crippen LogP contribution in [0, 0.1) is 0 Å². The average Bonchev–Trinajstić information content (AvgIpc) is 3.27. The predicted octanol–water partition coefficient (Wildman–Crippen LogP) is 12.7. The first-order chi connectivity index (χ1) is 21.2. The lowest BCUT2D eigenvalue weighted by atomic mass is 9.77. The highest BCUT2D eigenvalue weighted by molar-refractivity contribution is 5.90. The Hall–Kier alpha value is -3.32. The number of rotatable bonds is 5. The molecule has 0 bridgehead atoms. The molecule has 0 atom stereocenters. The summed E-state index contributed by atoms with van der Waals surface area (Å²) in [6, 6.07) is 32.9. The molecule has 0 aromatic heterocycles. The fourth-order valence-electron chi connectivity index (χ4n) is 8.91. The Labute approximate surface area is 266 Å². The molecule has 0 unspecified atom stereocenters. The van der Waals surface area contributed by atoms with Crippen molar-refractivity contribution in [3.05, 3.63) is 107 Å². The second-order valence-corrected chi connectivity index (χ2v) is 15.4. The molecule has 228 valence electrons. The van der Waals surface area contributed by atoms with Crippen LogP contribution in [0.5, 0.6) is 0 Å². The quantitative estimate of drug-likeness (QED) is 0.227. The summed E-state index contributed by atoms with van der Waals surface area (Å²) in [4.78, 5) is 2.81. The second kappa shape index (κ2) is 11.6. The van der Waals surface area contributed by atoms with Crippen LogP contribution in [-0.4, -0.2) is 5.54 Å². The fourth-order valence-corrected chi connectivity index (χ4v) is 8.91. The second-order valence-electron chi connectivity index (χ2n) is 15.4. The van der Waals surface area contributed by atoms with Crippen molar-refractivity contribution in [2.75, 3.05) is 4.90 Å². The Bertz CT molecular complexity index is 1620. The summed E-state index contributed by atoms with van der Waals surface area (Å²) in [6.45, 7) is 12.2. The maximum atomic E-state index is 2.81. The van der Waals surface area contributed by atoms with E-state index in [2.05, 4.69) is 124 Å². The van der Waals surface area contributed by atoms with E-state index in [1.54, 1.807) is 11.1 Å². The number of nitrogens with zero attached hydrogens (tertiary/aromatic N) is 1. The van der Waals surface area contributed by atoms with E-state index in [1.807, 2.05) is 0 Å². The Morgan fingerprint density at radius 1 is 0.568 bits per heavy atom. The third kappa shape index (κ3) is 5.11. The van der Waals surface area contributed by atoms with Crippen LogP contribution in [0.3, 0.4) is 0 Å². The summed E-state index contributed by atoms with van der Waals surface area (Å²) in [5.74, 6) is 1.22. The van der Waals surface area contributed by atoms with E-state index in [4.69, 9.17) is 0 Å². The Balaban J connectivity index is 1.53. The largest absolute Gasteiger partial charge is 0.335 e. The molecule has 0 radical (unpaired) electrons. The van der Waals surface area contributed by atoms with Crippen LogP contribution < -0.4 is 4.90 Å². The van der Waals surface area contributed by atoms with Gasteiger partial charge in [0, 0.05) is 22.2 Å². The van der Waals surface area contributed by atoms with Gasteiger partial charge in [0.25, 0.3) is 0 Å². The molecule has 1 heteroatoms. The number of anilines is 2. The Kier molecular flexibility index (Phi) is 7.72. The highest BCUT2D eigenvalue weighted by atomic mass is 15.2. The van der Waals surface area contributed by atoms with Crippen molar-refractivity contribution in [2.24, 2.45) is 0 Å². The monoisotopic (exact) mass is 581 g/mol. The molecule has 0 heterocycles. The molecular weight excluding hydrogens is 530 g/mol. The summed E-state index contributed by atoms with van der Waals surface area (Å²) >= 11 is 0. The van der Waals surface area contributed by atoms with Gasteiger partial charge in [0.1, 0.15) is 0 Å². The van der Waals surface area contributed by atoms with Gasteiger partial charge in [-0.05, 0) is 109 Å². The predicted molar refractivity (Wildman–Crippen MR) is 189 cm³/mol. The molecule has 0 N–H and O–H groups in total. The third-order valence-electron chi connectivity index (χ3n) is 11.1. The summed E-state index contributed by atoms with van der Waals surface area (Å²) < 4.78 is 0. The van der Waals surface area contributed by atoms with E-state index in [-0.39, 0.29) is 11.0 Å². The molecule has 4 aromatic carbocycles. The van der Waals surface area contributed by atoms with Gasteiger partial charge in [-0.1, -0.05) is 125 Å². The minimum Gasteiger partial charge on any atom is -0.335 e. The highest BCUT2D eigenvalue weighted by Gasteiger charge is 2.40. The van der Waals surface area contributed by atoms with Crippen LogP contribution >= 0.6 is 0 Å². The minimum absolute atomic E-state index is 0.0273. The molecule has 0 aliphatic heterocycles. The maximum Gasteiger partial charge on any atom is 0.0530 e. The molecule has 44 heavy (non-hydrogen) atoms. The van der Waals surface area contributed by atoms with Gasteiger partial charge in [0.05, 0.1) is 5.69 Å². The van der Waals surface area contributed by atoms with Crippen molar-refractivity contribution in [2.45, 2.75) is 122 Å². The molecule has 7 rings (SSSR count). The normalized spacial score (nSPS) is 18.6. The standard InChI is InChI=1S/C43H51N/c1-42(2,3)44(41-33(30-18-9-6-10-19-30)25-17-26-34(41)31-20-11-7-12-21-31)40-29-39-37(28-36(40)32-22-13-8-14-23-32)35-24-15-16-27-38(35)43(39,4)5/h6,9-10,15-19,24-29,31-32H,7-8,11-14,20-23H2,1-5H3. The summed E-state index contributed by atoms with van der Waals surface area (Å²) in [5, 5.41) is 0. The van der Waals surface area contributed by atoms with Crippen molar-refractivity contribution >= 4 is 11.4 Å². The number of benzene rings is 4. The summed E-state index contributed by atoms with van der Waals surface area (Å²) in [6.07, 6.45) is 13.3. The minimum atomic E-state index is -0.110. The molecule has 1 nitrogen and oxygen atoms in total. The first kappa shape index (κ1) is 29.4. The van der Waals surface area contributed by atoms with E-state index < -0.39 is 0 Å². The number of hydrogen-bond acceptors (Lipinski definition) is 1. The Morgan fingerprint density at radius 3 is 1.82 bits per heavy atom. The van der Waals surface area contributed by atoms with Gasteiger partial charge in [-0.25, -0.2) is 0 Å². The fraction of sp³-hybridized carbons (Fsp3) is 0.442. The van der Waals surface area contributed by atoms with Gasteiger partial charge >= 0.3 is 0 Å². The topological polar surface area (TPSA) is 3.24 Å². The zero-order valence-electron chi connectivity index (χ0n) is 27.8. The van der Waals surface area contributed by atoms with Crippen LogP contribution in [0.25, 0.3) is 22.3 Å². The van der Waals surface area contributed by atoms with Crippen LogP contribution in [-0.2, 0) is 5.41 Å². The molecule has 3 aliphatic carbocycles. The van der Waals surface area contributed by atoms with E-state index in [0.717, 1.165) is 0 Å². The molecule has 3 aliphatic rings. The number of fused-ring (bicyclic) bond motifs is 3. The van der Waals surface area contributed by atoms with E-state index in [9.17, 15) is 0 Å². The van der Waals surface area contributed by atoms with Crippen molar-refractivity contribution < 1.29 is 0 Å². The van der Waals surface area contributed by atoms with Gasteiger partial charge in [-0.3, -0.25) is 0 Å². The number of hydrogen-bond donors (Lipinski definition) is 0. The summed E-state index contributed by atoms with van der Waals surface area (Å²) in [5.41, 5.74) is 14.4. The molecular formula is C43H51N. The summed E-state index contributed by atoms with van der Waals surface area (Å²) in [7, 11) is 0. The average molecular weight is 582 g/mol. The molecule has 0 spiro atoms. The van der Waals surface area contributed by atoms with Gasteiger partial charge < -0.3 is 4.90 Å². The van der Waals surface area contributed by atoms with Crippen LogP contribution in [0.15, 0.2) is 84.9 Å². The molecule has 4 aromatic rings. The van der Waals surface area contributed by atoms with Crippen molar-refractivity contribution in [3.8, 4) is 22.3 Å². The maximum absolute atomic E-state index is 2.81. The van der Waals surface area contributed by atoms with Crippen LogP contribution in [0.1, 0.15) is 133 Å². The van der Waals surface area contributed by atoms with Gasteiger partial charge in [-0.15, -0.1) is 0 Å². The van der Waals surface area contributed by atoms with Crippen LogP contribution in [0.2, 0.25) is 0 Å². The smallest absolute Gasteiger partial charge is 0.0530 e. The molecule has 2 saturated carbocycles. The third-order valence-corrected chi connectivity index (χ3v) is 11.1. The van der Waals surface area contributed by atoms with Gasteiger partial charge in [0.15, 0.2) is 0 Å². The molecule has 0 amide bonds. The van der Waals surface area contributed by atoms with Crippen molar-refractivity contribution in [3.63, 3.8) is 0 Å². The molecule has 2 fully saturated rings. The van der Waals surface area contributed by atoms with Crippen molar-refractivity contribution in [1.29, 1.82) is 0 Å². The lowest BCUT2D eigenvalue weighted by molar-refractivity contribution is 0.438. The molecule has 0 saturated heterocycles. The lowest BCUT2D eigenvalue weighted by Gasteiger charge is -2.44.